The third-order valence-corrected chi connectivity index (χ3v) is 1.64. The average Bonchev–Trinajstić information content (AvgIpc) is 2.46. The second-order valence-corrected chi connectivity index (χ2v) is 2.59. The van der Waals surface area contributed by atoms with Gasteiger partial charge in [0.05, 0.1) is 0 Å². The van der Waals surface area contributed by atoms with Crippen molar-refractivity contribution >= 4 is 17.2 Å². The molecule has 2 rings (SSSR count). The molecule has 0 bridgehead atoms. The van der Waals surface area contributed by atoms with E-state index < -0.39 is 0 Å². The average molecular weight is 185 g/mol. The Labute approximate surface area is 72.6 Å². The Bertz CT molecular complexity index is 413. The molecule has 0 aliphatic heterocycles. The number of fused-ring (bicyclic) bond motifs is 1. The van der Waals surface area contributed by atoms with Crippen LogP contribution in [0.4, 0.5) is 0 Å². The Hall–Kier alpha value is -1.20. The summed E-state index contributed by atoms with van der Waals surface area (Å²) < 4.78 is 1.41. The molecule has 0 unspecified atom stereocenters. The van der Waals surface area contributed by atoms with E-state index in [0.717, 1.165) is 0 Å². The van der Waals surface area contributed by atoms with E-state index in [0.29, 0.717) is 16.6 Å². The number of aromatic nitrogens is 4. The molecule has 0 aliphatic rings. The number of aliphatic hydroxyl groups excluding tert-OH is 1. The van der Waals surface area contributed by atoms with Crippen molar-refractivity contribution < 1.29 is 5.11 Å². The van der Waals surface area contributed by atoms with Crippen molar-refractivity contribution in [1.29, 1.82) is 0 Å². The Morgan fingerprint density at radius 2 is 2.25 bits per heavy atom. The lowest BCUT2D eigenvalue weighted by Crippen LogP contribution is -1.97. The highest BCUT2D eigenvalue weighted by molar-refractivity contribution is 6.29. The summed E-state index contributed by atoms with van der Waals surface area (Å²) in [6.45, 7) is -0.200. The molecule has 0 saturated carbocycles. The molecule has 0 atom stereocenters. The van der Waals surface area contributed by atoms with Crippen LogP contribution in [0, 0.1) is 0 Å². The van der Waals surface area contributed by atoms with Gasteiger partial charge < -0.3 is 5.11 Å². The summed E-state index contributed by atoms with van der Waals surface area (Å²) in [6.07, 6.45) is 0. The molecule has 1 N–H and O–H groups in total. The van der Waals surface area contributed by atoms with Gasteiger partial charge in [-0.2, -0.15) is 9.61 Å². The van der Waals surface area contributed by atoms with E-state index in [9.17, 15) is 0 Å². The van der Waals surface area contributed by atoms with E-state index in [1.807, 2.05) is 0 Å². The molecule has 2 heterocycles. The summed E-state index contributed by atoms with van der Waals surface area (Å²) in [6, 6.07) is 3.30. The predicted octanol–water partition coefficient (Wildman–Crippen LogP) is 0.270. The molecule has 5 nitrogen and oxygen atoms in total. The molecule has 0 amide bonds. The molecule has 0 aliphatic carbocycles. The minimum absolute atomic E-state index is 0.200. The highest BCUT2D eigenvalue weighted by Crippen LogP contribution is 2.06. The van der Waals surface area contributed by atoms with Gasteiger partial charge in [-0.1, -0.05) is 11.6 Å². The molecule has 0 aromatic carbocycles. The largest absolute Gasteiger partial charge is 0.388 e. The highest BCUT2D eigenvalue weighted by atomic mass is 35.5. The summed E-state index contributed by atoms with van der Waals surface area (Å²) in [7, 11) is 0. The van der Waals surface area contributed by atoms with Crippen LogP contribution in [-0.4, -0.2) is 24.9 Å². The second-order valence-electron chi connectivity index (χ2n) is 2.20. The van der Waals surface area contributed by atoms with Crippen LogP contribution in [0.15, 0.2) is 12.1 Å². The molecule has 2 aromatic heterocycles. The molecular formula is C6H5ClN4O. The van der Waals surface area contributed by atoms with Gasteiger partial charge in [-0.25, -0.2) is 0 Å². The van der Waals surface area contributed by atoms with Gasteiger partial charge in [0.1, 0.15) is 11.8 Å². The van der Waals surface area contributed by atoms with Crippen molar-refractivity contribution in [1.82, 2.24) is 19.8 Å². The zero-order valence-corrected chi connectivity index (χ0v) is 6.73. The van der Waals surface area contributed by atoms with Gasteiger partial charge in [0.15, 0.2) is 11.5 Å². The van der Waals surface area contributed by atoms with Crippen LogP contribution in [-0.2, 0) is 6.61 Å². The number of hydrogen-bond acceptors (Lipinski definition) is 4. The van der Waals surface area contributed by atoms with E-state index in [2.05, 4.69) is 15.3 Å². The molecule has 62 valence electrons. The van der Waals surface area contributed by atoms with Gasteiger partial charge in [0, 0.05) is 0 Å². The van der Waals surface area contributed by atoms with Crippen LogP contribution in [0.3, 0.4) is 0 Å². The molecule has 6 heteroatoms. The fourth-order valence-corrected chi connectivity index (χ4v) is 1.05. The molecular weight excluding hydrogens is 180 g/mol. The van der Waals surface area contributed by atoms with Crippen LogP contribution in [0.5, 0.6) is 0 Å². The summed E-state index contributed by atoms with van der Waals surface area (Å²) in [4.78, 5) is 0. The molecule has 0 fully saturated rings. The fourth-order valence-electron chi connectivity index (χ4n) is 0.910. The van der Waals surface area contributed by atoms with Crippen molar-refractivity contribution in [2.75, 3.05) is 0 Å². The van der Waals surface area contributed by atoms with Gasteiger partial charge in [0.25, 0.3) is 0 Å². The SMILES string of the molecule is OCc1nnc2ccc(Cl)nn12. The van der Waals surface area contributed by atoms with Crippen LogP contribution in [0.2, 0.25) is 5.15 Å². The minimum Gasteiger partial charge on any atom is -0.388 e. The second kappa shape index (κ2) is 2.69. The summed E-state index contributed by atoms with van der Waals surface area (Å²) in [5.74, 6) is 0.382. The third kappa shape index (κ3) is 1.03. The van der Waals surface area contributed by atoms with Crippen LogP contribution >= 0.6 is 11.6 Å². The van der Waals surface area contributed by atoms with Crippen molar-refractivity contribution in [3.05, 3.63) is 23.1 Å². The van der Waals surface area contributed by atoms with E-state index in [4.69, 9.17) is 16.7 Å². The summed E-state index contributed by atoms with van der Waals surface area (Å²) in [5.41, 5.74) is 0.573. The third-order valence-electron chi connectivity index (χ3n) is 1.44. The number of nitrogens with zero attached hydrogens (tertiary/aromatic N) is 4. The first-order valence-electron chi connectivity index (χ1n) is 3.29. The number of aliphatic hydroxyl groups is 1. The Morgan fingerprint density at radius 1 is 1.42 bits per heavy atom. The van der Waals surface area contributed by atoms with E-state index in [-0.39, 0.29) is 6.61 Å². The molecule has 0 radical (unpaired) electrons. The Morgan fingerprint density at radius 3 is 3.00 bits per heavy atom. The molecule has 0 spiro atoms. The van der Waals surface area contributed by atoms with E-state index in [1.54, 1.807) is 12.1 Å². The Kier molecular flexibility index (Phi) is 1.67. The standard InChI is InChI=1S/C6H5ClN4O/c7-4-1-2-5-8-9-6(3-12)11(5)10-4/h1-2,12H,3H2. The molecule has 0 saturated heterocycles. The number of rotatable bonds is 1. The number of halogens is 1. The van der Waals surface area contributed by atoms with Gasteiger partial charge in [0.2, 0.25) is 0 Å². The normalized spacial score (nSPS) is 10.8. The lowest BCUT2D eigenvalue weighted by atomic mass is 10.5. The molecule has 2 aromatic rings. The quantitative estimate of drug-likeness (QED) is 0.691. The van der Waals surface area contributed by atoms with Crippen molar-refractivity contribution in [2.24, 2.45) is 0 Å². The summed E-state index contributed by atoms with van der Waals surface area (Å²) in [5, 5.41) is 20.5. The van der Waals surface area contributed by atoms with Crippen molar-refractivity contribution in [2.45, 2.75) is 6.61 Å². The van der Waals surface area contributed by atoms with Gasteiger partial charge in [-0.15, -0.1) is 10.2 Å². The predicted molar refractivity (Wildman–Crippen MR) is 41.7 cm³/mol. The highest BCUT2D eigenvalue weighted by Gasteiger charge is 2.04. The maximum atomic E-state index is 8.81. The number of hydrogen-bond donors (Lipinski definition) is 1. The van der Waals surface area contributed by atoms with E-state index >= 15 is 0 Å². The smallest absolute Gasteiger partial charge is 0.180 e. The maximum absolute atomic E-state index is 8.81. The van der Waals surface area contributed by atoms with Gasteiger partial charge >= 0.3 is 0 Å². The van der Waals surface area contributed by atoms with Gasteiger partial charge in [-0.3, -0.25) is 0 Å². The minimum atomic E-state index is -0.200. The first kappa shape index (κ1) is 7.45. The fraction of sp³-hybridized carbons (Fsp3) is 0.167. The first-order valence-corrected chi connectivity index (χ1v) is 3.67. The zero-order valence-electron chi connectivity index (χ0n) is 5.98. The maximum Gasteiger partial charge on any atom is 0.180 e. The first-order chi connectivity index (χ1) is 5.81. The van der Waals surface area contributed by atoms with Crippen molar-refractivity contribution in [3.63, 3.8) is 0 Å². The summed E-state index contributed by atoms with van der Waals surface area (Å²) >= 11 is 5.64. The Balaban J connectivity index is 2.75. The van der Waals surface area contributed by atoms with Crippen LogP contribution in [0.1, 0.15) is 5.82 Å². The van der Waals surface area contributed by atoms with E-state index in [1.165, 1.54) is 4.52 Å². The topological polar surface area (TPSA) is 63.3 Å². The van der Waals surface area contributed by atoms with Crippen LogP contribution < -0.4 is 0 Å². The lowest BCUT2D eigenvalue weighted by molar-refractivity contribution is 0.268. The van der Waals surface area contributed by atoms with Gasteiger partial charge in [-0.05, 0) is 12.1 Å². The monoisotopic (exact) mass is 184 g/mol. The van der Waals surface area contributed by atoms with Crippen LogP contribution in [0.25, 0.3) is 5.65 Å². The van der Waals surface area contributed by atoms with Crippen molar-refractivity contribution in [3.8, 4) is 0 Å². The molecule has 12 heavy (non-hydrogen) atoms. The zero-order chi connectivity index (χ0) is 8.55. The lowest BCUT2D eigenvalue weighted by Gasteiger charge is -1.93.